The fourth-order valence-corrected chi connectivity index (χ4v) is 2.97. The number of carbonyl (C=O) groups excluding carboxylic acids is 2. The average molecular weight is 415 g/mol. The number of nitrogens with zero attached hydrogens (tertiary/aromatic N) is 4. The standard InChI is InChI=1S/C21H29N5O4/c1-4-15(2)22-21(28)25(3)10-9-18-23-19(30-24-18)16-5-7-17(8-6-16)20(27)26-11-13-29-14-12-26/h5-8,15H,4,9-14H2,1-3H3,(H,22,28)/t15-/m0/s1. The van der Waals surface area contributed by atoms with Crippen molar-refractivity contribution >= 4 is 11.9 Å². The first-order valence-corrected chi connectivity index (χ1v) is 10.3. The highest BCUT2D eigenvalue weighted by atomic mass is 16.5. The van der Waals surface area contributed by atoms with Gasteiger partial charge in [-0.3, -0.25) is 4.79 Å². The van der Waals surface area contributed by atoms with Crippen LogP contribution in [0.5, 0.6) is 0 Å². The Labute approximate surface area is 176 Å². The maximum Gasteiger partial charge on any atom is 0.317 e. The van der Waals surface area contributed by atoms with E-state index < -0.39 is 0 Å². The lowest BCUT2D eigenvalue weighted by molar-refractivity contribution is 0.0303. The molecule has 2 heterocycles. The zero-order valence-corrected chi connectivity index (χ0v) is 17.8. The van der Waals surface area contributed by atoms with Gasteiger partial charge in [0.1, 0.15) is 0 Å². The van der Waals surface area contributed by atoms with Gasteiger partial charge in [-0.15, -0.1) is 0 Å². The van der Waals surface area contributed by atoms with Crippen LogP contribution in [0, 0.1) is 0 Å². The van der Waals surface area contributed by atoms with Crippen molar-refractivity contribution in [1.82, 2.24) is 25.3 Å². The number of ether oxygens (including phenoxy) is 1. The van der Waals surface area contributed by atoms with Gasteiger partial charge in [-0.1, -0.05) is 12.1 Å². The summed E-state index contributed by atoms with van der Waals surface area (Å²) in [6.07, 6.45) is 1.37. The van der Waals surface area contributed by atoms with Gasteiger partial charge in [0.15, 0.2) is 5.82 Å². The molecule has 0 radical (unpaired) electrons. The molecule has 1 saturated heterocycles. The number of amides is 3. The fourth-order valence-electron chi connectivity index (χ4n) is 2.97. The Morgan fingerprint density at radius 1 is 1.23 bits per heavy atom. The Bertz CT molecular complexity index is 845. The topological polar surface area (TPSA) is 101 Å². The van der Waals surface area contributed by atoms with Gasteiger partial charge in [0.2, 0.25) is 0 Å². The van der Waals surface area contributed by atoms with E-state index in [0.29, 0.717) is 56.5 Å². The summed E-state index contributed by atoms with van der Waals surface area (Å²) in [5, 5.41) is 6.92. The number of nitrogens with one attached hydrogen (secondary N) is 1. The van der Waals surface area contributed by atoms with Crippen LogP contribution in [0.25, 0.3) is 11.5 Å². The van der Waals surface area contributed by atoms with E-state index in [1.807, 2.05) is 13.8 Å². The Morgan fingerprint density at radius 3 is 2.60 bits per heavy atom. The van der Waals surface area contributed by atoms with Crippen LogP contribution in [0.3, 0.4) is 0 Å². The molecule has 1 aromatic carbocycles. The molecule has 3 amide bonds. The van der Waals surface area contributed by atoms with Gasteiger partial charge in [0.05, 0.1) is 13.2 Å². The molecule has 9 nitrogen and oxygen atoms in total. The summed E-state index contributed by atoms with van der Waals surface area (Å²) in [5.74, 6) is 0.915. The van der Waals surface area contributed by atoms with Crippen LogP contribution in [0.1, 0.15) is 36.5 Å². The van der Waals surface area contributed by atoms with Gasteiger partial charge in [-0.25, -0.2) is 4.79 Å². The molecule has 1 N–H and O–H groups in total. The van der Waals surface area contributed by atoms with Crippen molar-refractivity contribution in [3.05, 3.63) is 35.7 Å². The molecule has 0 unspecified atom stereocenters. The maximum atomic E-state index is 12.5. The van der Waals surface area contributed by atoms with E-state index in [4.69, 9.17) is 9.26 Å². The lowest BCUT2D eigenvalue weighted by Crippen LogP contribution is -2.42. The van der Waals surface area contributed by atoms with Crippen molar-refractivity contribution in [2.24, 2.45) is 0 Å². The summed E-state index contributed by atoms with van der Waals surface area (Å²) < 4.78 is 10.6. The normalized spacial score (nSPS) is 15.0. The van der Waals surface area contributed by atoms with E-state index in [0.717, 1.165) is 12.0 Å². The van der Waals surface area contributed by atoms with Crippen molar-refractivity contribution in [3.8, 4) is 11.5 Å². The highest BCUT2D eigenvalue weighted by Gasteiger charge is 2.19. The summed E-state index contributed by atoms with van der Waals surface area (Å²) in [5.41, 5.74) is 1.37. The predicted octanol–water partition coefficient (Wildman–Crippen LogP) is 2.19. The molecule has 1 atom stereocenters. The second-order valence-corrected chi connectivity index (χ2v) is 7.43. The highest BCUT2D eigenvalue weighted by Crippen LogP contribution is 2.19. The fraction of sp³-hybridized carbons (Fsp3) is 0.524. The SMILES string of the molecule is CC[C@H](C)NC(=O)N(C)CCc1noc(-c2ccc(C(=O)N3CCOCC3)cc2)n1. The number of hydrogen-bond donors (Lipinski definition) is 1. The number of rotatable bonds is 7. The number of carbonyl (C=O) groups is 2. The first-order chi connectivity index (χ1) is 14.5. The van der Waals surface area contributed by atoms with E-state index >= 15 is 0 Å². The van der Waals surface area contributed by atoms with Crippen LogP contribution in [0.4, 0.5) is 4.79 Å². The largest absolute Gasteiger partial charge is 0.378 e. The number of benzene rings is 1. The molecule has 9 heteroatoms. The molecule has 0 aliphatic carbocycles. The monoisotopic (exact) mass is 415 g/mol. The molecule has 1 aliphatic rings. The van der Waals surface area contributed by atoms with Gasteiger partial charge in [0.25, 0.3) is 11.8 Å². The molecule has 30 heavy (non-hydrogen) atoms. The first kappa shape index (κ1) is 21.8. The van der Waals surface area contributed by atoms with E-state index in [1.165, 1.54) is 0 Å². The number of likely N-dealkylation sites (N-methyl/N-ethyl adjacent to an activating group) is 1. The third kappa shape index (κ3) is 5.56. The van der Waals surface area contributed by atoms with E-state index in [9.17, 15) is 9.59 Å². The van der Waals surface area contributed by atoms with Gasteiger partial charge < -0.3 is 24.4 Å². The third-order valence-corrected chi connectivity index (χ3v) is 5.14. The molecule has 1 fully saturated rings. The molecule has 0 saturated carbocycles. The highest BCUT2D eigenvalue weighted by molar-refractivity contribution is 5.94. The van der Waals surface area contributed by atoms with E-state index in [2.05, 4.69) is 15.5 Å². The predicted molar refractivity (Wildman–Crippen MR) is 111 cm³/mol. The van der Waals surface area contributed by atoms with Gasteiger partial charge in [-0.05, 0) is 37.6 Å². The summed E-state index contributed by atoms with van der Waals surface area (Å²) >= 11 is 0. The molecule has 1 aliphatic heterocycles. The molecule has 3 rings (SSSR count). The lowest BCUT2D eigenvalue weighted by Gasteiger charge is -2.26. The lowest BCUT2D eigenvalue weighted by atomic mass is 10.1. The van der Waals surface area contributed by atoms with Gasteiger partial charge in [0, 0.05) is 50.3 Å². The van der Waals surface area contributed by atoms with E-state index in [1.54, 1.807) is 41.1 Å². The van der Waals surface area contributed by atoms with Gasteiger partial charge >= 0.3 is 6.03 Å². The number of aromatic nitrogens is 2. The van der Waals surface area contributed by atoms with Crippen molar-refractivity contribution < 1.29 is 18.8 Å². The second kappa shape index (κ2) is 10.2. The molecular formula is C21H29N5O4. The summed E-state index contributed by atoms with van der Waals surface area (Å²) in [4.78, 5) is 32.4. The average Bonchev–Trinajstić information content (AvgIpc) is 3.26. The molecular weight excluding hydrogens is 386 g/mol. The molecule has 1 aromatic heterocycles. The first-order valence-electron chi connectivity index (χ1n) is 10.3. The van der Waals surface area contributed by atoms with Crippen LogP contribution in [-0.2, 0) is 11.2 Å². The summed E-state index contributed by atoms with van der Waals surface area (Å²) in [7, 11) is 1.74. The van der Waals surface area contributed by atoms with Crippen molar-refractivity contribution in [3.63, 3.8) is 0 Å². The van der Waals surface area contributed by atoms with E-state index in [-0.39, 0.29) is 18.0 Å². The quantitative estimate of drug-likeness (QED) is 0.744. The zero-order chi connectivity index (χ0) is 21.5. The Hall–Kier alpha value is -2.94. The van der Waals surface area contributed by atoms with Crippen molar-refractivity contribution in [2.75, 3.05) is 39.9 Å². The molecule has 2 aromatic rings. The Balaban J connectivity index is 1.55. The molecule has 0 spiro atoms. The van der Waals surface area contributed by atoms with Crippen LogP contribution >= 0.6 is 0 Å². The molecule has 0 bridgehead atoms. The van der Waals surface area contributed by atoms with Crippen molar-refractivity contribution in [2.45, 2.75) is 32.7 Å². The maximum absolute atomic E-state index is 12.5. The Morgan fingerprint density at radius 2 is 1.93 bits per heavy atom. The van der Waals surface area contributed by atoms with Crippen molar-refractivity contribution in [1.29, 1.82) is 0 Å². The second-order valence-electron chi connectivity index (χ2n) is 7.43. The number of morpholine rings is 1. The van der Waals surface area contributed by atoms with Crippen LogP contribution in [0.15, 0.2) is 28.8 Å². The minimum absolute atomic E-state index is 0.00484. The van der Waals surface area contributed by atoms with Crippen LogP contribution < -0.4 is 5.32 Å². The minimum Gasteiger partial charge on any atom is -0.378 e. The third-order valence-electron chi connectivity index (χ3n) is 5.14. The van der Waals surface area contributed by atoms with Crippen LogP contribution in [0.2, 0.25) is 0 Å². The number of urea groups is 1. The molecule has 162 valence electrons. The Kier molecular flexibility index (Phi) is 7.40. The zero-order valence-electron chi connectivity index (χ0n) is 17.8. The minimum atomic E-state index is -0.117. The van der Waals surface area contributed by atoms with Crippen LogP contribution in [-0.4, -0.2) is 77.8 Å². The summed E-state index contributed by atoms with van der Waals surface area (Å²) in [6.45, 7) is 6.84. The smallest absolute Gasteiger partial charge is 0.317 e. The number of hydrogen-bond acceptors (Lipinski definition) is 6. The summed E-state index contributed by atoms with van der Waals surface area (Å²) in [6, 6.07) is 7.16. The van der Waals surface area contributed by atoms with Gasteiger partial charge in [-0.2, -0.15) is 4.98 Å².